The first kappa shape index (κ1) is 13.0. The molecule has 0 atom stereocenters. The van der Waals surface area contributed by atoms with E-state index in [0.717, 1.165) is 12.2 Å². The van der Waals surface area contributed by atoms with E-state index in [9.17, 15) is 4.79 Å². The summed E-state index contributed by atoms with van der Waals surface area (Å²) in [5.74, 6) is 0.872. The van der Waals surface area contributed by atoms with Crippen LogP contribution in [0.15, 0.2) is 24.3 Å². The fourth-order valence-corrected chi connectivity index (χ4v) is 1.90. The van der Waals surface area contributed by atoms with Crippen LogP contribution < -0.4 is 0 Å². The van der Waals surface area contributed by atoms with Gasteiger partial charge in [-0.2, -0.15) is 0 Å². The minimum absolute atomic E-state index is 0.194. The Morgan fingerprint density at radius 2 is 2.06 bits per heavy atom. The lowest BCUT2D eigenvalue weighted by Crippen LogP contribution is -1.84. The lowest BCUT2D eigenvalue weighted by atomic mass is 10.1. The molecule has 0 saturated carbocycles. The third kappa shape index (κ3) is 4.67. The molecule has 86 valence electrons. The second kappa shape index (κ2) is 6.54. The van der Waals surface area contributed by atoms with Crippen LogP contribution in [0.3, 0.4) is 0 Å². The first-order valence-electron chi connectivity index (χ1n) is 5.47. The average Bonchev–Trinajstić information content (AvgIpc) is 2.22. The Hall–Kier alpha value is -1.02. The topological polar surface area (TPSA) is 17.1 Å². The second-order valence-corrected chi connectivity index (χ2v) is 5.15. The zero-order valence-electron chi connectivity index (χ0n) is 10.1. The number of thioether (sulfide) groups is 1. The predicted octanol–water partition coefficient (Wildman–Crippen LogP) is 3.99. The van der Waals surface area contributed by atoms with Gasteiger partial charge in [-0.05, 0) is 37.0 Å². The van der Waals surface area contributed by atoms with Gasteiger partial charge in [-0.3, -0.25) is 4.79 Å². The molecule has 1 aromatic rings. The van der Waals surface area contributed by atoms with Gasteiger partial charge in [0.25, 0.3) is 0 Å². The van der Waals surface area contributed by atoms with Crippen LogP contribution in [-0.2, 0) is 4.79 Å². The number of carbonyl (C=O) groups is 1. The Balaban J connectivity index is 2.44. The highest BCUT2D eigenvalue weighted by Crippen LogP contribution is 2.12. The third-order valence-corrected chi connectivity index (χ3v) is 3.28. The van der Waals surface area contributed by atoms with E-state index in [4.69, 9.17) is 0 Å². The molecular weight excluding hydrogens is 216 g/mol. The maximum atomic E-state index is 10.7. The molecule has 0 aliphatic rings. The van der Waals surface area contributed by atoms with Crippen LogP contribution in [0.2, 0.25) is 0 Å². The molecule has 1 aromatic carbocycles. The molecule has 0 saturated heterocycles. The van der Waals surface area contributed by atoms with Gasteiger partial charge in [0.15, 0.2) is 5.12 Å². The average molecular weight is 234 g/mol. The van der Waals surface area contributed by atoms with Crippen LogP contribution in [0.25, 0.3) is 6.08 Å². The molecule has 0 spiro atoms. The minimum Gasteiger partial charge on any atom is -0.288 e. The van der Waals surface area contributed by atoms with Gasteiger partial charge in [-0.15, -0.1) is 0 Å². The molecule has 16 heavy (non-hydrogen) atoms. The standard InChI is InChI=1S/C14H18OS/c1-11-7-8-14(10-12(11)2)6-4-5-9-16-13(3)15/h4,6-8,10H,5,9H2,1-3H3. The van der Waals surface area contributed by atoms with E-state index >= 15 is 0 Å². The van der Waals surface area contributed by atoms with Gasteiger partial charge in [-0.1, -0.05) is 42.1 Å². The minimum atomic E-state index is 0.194. The fraction of sp³-hybridized carbons (Fsp3) is 0.357. The van der Waals surface area contributed by atoms with Crippen molar-refractivity contribution < 1.29 is 4.79 Å². The first-order chi connectivity index (χ1) is 7.59. The van der Waals surface area contributed by atoms with Gasteiger partial charge in [0.1, 0.15) is 0 Å². The summed E-state index contributed by atoms with van der Waals surface area (Å²) in [5.41, 5.74) is 3.88. The normalized spacial score (nSPS) is 10.9. The van der Waals surface area contributed by atoms with Gasteiger partial charge in [0, 0.05) is 12.7 Å². The van der Waals surface area contributed by atoms with Crippen LogP contribution in [0.4, 0.5) is 0 Å². The summed E-state index contributed by atoms with van der Waals surface area (Å²) in [6, 6.07) is 6.44. The predicted molar refractivity (Wildman–Crippen MR) is 72.7 cm³/mol. The van der Waals surface area contributed by atoms with Gasteiger partial charge < -0.3 is 0 Å². The lowest BCUT2D eigenvalue weighted by molar-refractivity contribution is -0.109. The zero-order chi connectivity index (χ0) is 12.0. The maximum absolute atomic E-state index is 10.7. The number of carbonyl (C=O) groups excluding carboxylic acids is 1. The summed E-state index contributed by atoms with van der Waals surface area (Å²) in [6.45, 7) is 5.85. The van der Waals surface area contributed by atoms with Crippen molar-refractivity contribution in [1.82, 2.24) is 0 Å². The quantitative estimate of drug-likeness (QED) is 0.733. The van der Waals surface area contributed by atoms with Crippen LogP contribution in [-0.4, -0.2) is 10.9 Å². The number of aryl methyl sites for hydroxylation is 2. The zero-order valence-corrected chi connectivity index (χ0v) is 10.9. The Bertz CT molecular complexity index is 394. The van der Waals surface area contributed by atoms with Crippen molar-refractivity contribution in [2.24, 2.45) is 0 Å². The Morgan fingerprint density at radius 3 is 2.69 bits per heavy atom. The highest BCUT2D eigenvalue weighted by molar-refractivity contribution is 8.13. The van der Waals surface area contributed by atoms with E-state index in [1.807, 2.05) is 0 Å². The number of allylic oxidation sites excluding steroid dienone is 1. The molecule has 2 heteroatoms. The molecular formula is C14H18OS. The largest absolute Gasteiger partial charge is 0.288 e. The molecule has 0 bridgehead atoms. The highest BCUT2D eigenvalue weighted by atomic mass is 32.2. The second-order valence-electron chi connectivity index (χ2n) is 3.87. The summed E-state index contributed by atoms with van der Waals surface area (Å²) in [6.07, 6.45) is 5.18. The van der Waals surface area contributed by atoms with Gasteiger partial charge in [0.2, 0.25) is 0 Å². The van der Waals surface area contributed by atoms with E-state index in [2.05, 4.69) is 44.2 Å². The van der Waals surface area contributed by atoms with Gasteiger partial charge in [0.05, 0.1) is 0 Å². The molecule has 0 aliphatic carbocycles. The smallest absolute Gasteiger partial charge is 0.185 e. The van der Waals surface area contributed by atoms with Crippen LogP contribution in [0.5, 0.6) is 0 Å². The van der Waals surface area contributed by atoms with Crippen molar-refractivity contribution in [2.75, 3.05) is 5.75 Å². The fourth-order valence-electron chi connectivity index (χ4n) is 1.36. The molecule has 0 amide bonds. The van der Waals surface area contributed by atoms with Crippen molar-refractivity contribution >= 4 is 23.0 Å². The lowest BCUT2D eigenvalue weighted by Gasteiger charge is -2.00. The molecule has 0 radical (unpaired) electrons. The van der Waals surface area contributed by atoms with Gasteiger partial charge >= 0.3 is 0 Å². The van der Waals surface area contributed by atoms with E-state index in [-0.39, 0.29) is 5.12 Å². The summed E-state index contributed by atoms with van der Waals surface area (Å²) >= 11 is 1.38. The summed E-state index contributed by atoms with van der Waals surface area (Å²) in [5, 5.41) is 0.194. The van der Waals surface area contributed by atoms with Crippen molar-refractivity contribution in [2.45, 2.75) is 27.2 Å². The first-order valence-corrected chi connectivity index (χ1v) is 6.45. The molecule has 1 rings (SSSR count). The Labute approximate surface area is 102 Å². The number of hydrogen-bond acceptors (Lipinski definition) is 2. The molecule has 0 aliphatic heterocycles. The van der Waals surface area contributed by atoms with E-state index < -0.39 is 0 Å². The molecule has 0 N–H and O–H groups in total. The van der Waals surface area contributed by atoms with Crippen molar-refractivity contribution in [3.8, 4) is 0 Å². The molecule has 0 fully saturated rings. The van der Waals surface area contributed by atoms with Crippen molar-refractivity contribution in [3.05, 3.63) is 41.0 Å². The summed E-state index contributed by atoms with van der Waals surface area (Å²) in [7, 11) is 0. The van der Waals surface area contributed by atoms with Crippen molar-refractivity contribution in [3.63, 3.8) is 0 Å². The van der Waals surface area contributed by atoms with E-state index in [0.29, 0.717) is 0 Å². The van der Waals surface area contributed by atoms with Crippen molar-refractivity contribution in [1.29, 1.82) is 0 Å². The van der Waals surface area contributed by atoms with E-state index in [1.54, 1.807) is 6.92 Å². The summed E-state index contributed by atoms with van der Waals surface area (Å²) < 4.78 is 0. The monoisotopic (exact) mass is 234 g/mol. The number of rotatable bonds is 4. The number of hydrogen-bond donors (Lipinski definition) is 0. The van der Waals surface area contributed by atoms with Gasteiger partial charge in [-0.25, -0.2) is 0 Å². The Kier molecular flexibility index (Phi) is 5.33. The van der Waals surface area contributed by atoms with Crippen LogP contribution in [0, 0.1) is 13.8 Å². The summed E-state index contributed by atoms with van der Waals surface area (Å²) in [4.78, 5) is 10.7. The molecule has 1 nitrogen and oxygen atoms in total. The third-order valence-electron chi connectivity index (χ3n) is 2.43. The number of benzene rings is 1. The van der Waals surface area contributed by atoms with Crippen LogP contribution in [0.1, 0.15) is 30.0 Å². The molecule has 0 unspecified atom stereocenters. The Morgan fingerprint density at radius 1 is 1.31 bits per heavy atom. The highest BCUT2D eigenvalue weighted by Gasteiger charge is 1.93. The maximum Gasteiger partial charge on any atom is 0.185 e. The van der Waals surface area contributed by atoms with E-state index in [1.165, 1.54) is 28.5 Å². The molecule has 0 heterocycles. The van der Waals surface area contributed by atoms with Crippen LogP contribution >= 0.6 is 11.8 Å². The molecule has 0 aromatic heterocycles. The SMILES string of the molecule is CC(=O)SCCC=Cc1ccc(C)c(C)c1.